The van der Waals surface area contributed by atoms with Crippen LogP contribution >= 0.6 is 11.3 Å². The molecular weight excluding hydrogens is 356 g/mol. The fraction of sp³-hybridized carbons (Fsp3) is 0.706. The van der Waals surface area contributed by atoms with Crippen LogP contribution in [-0.2, 0) is 9.84 Å². The Kier molecular flexibility index (Phi) is 7.71. The molecule has 2 atom stereocenters. The molecular formula is C17H30N4O2S2. The first kappa shape index (κ1) is 20.2. The minimum atomic E-state index is -2.96. The van der Waals surface area contributed by atoms with Crippen molar-refractivity contribution in [2.45, 2.75) is 25.8 Å². The van der Waals surface area contributed by atoms with Crippen LogP contribution in [0.2, 0.25) is 0 Å². The van der Waals surface area contributed by atoms with E-state index >= 15 is 0 Å². The second-order valence-corrected chi connectivity index (χ2v) is 9.91. The first-order valence-electron chi connectivity index (χ1n) is 8.85. The molecule has 0 saturated carbocycles. The summed E-state index contributed by atoms with van der Waals surface area (Å²) in [5, 5.41) is 8.62. The first-order chi connectivity index (χ1) is 12.0. The minimum Gasteiger partial charge on any atom is -0.356 e. The van der Waals surface area contributed by atoms with E-state index in [1.807, 2.05) is 11.3 Å². The van der Waals surface area contributed by atoms with Gasteiger partial charge in [0.2, 0.25) is 0 Å². The number of aliphatic imine (C=N–C) groups is 1. The number of thiophene rings is 1. The highest BCUT2D eigenvalue weighted by molar-refractivity contribution is 7.91. The smallest absolute Gasteiger partial charge is 0.191 e. The van der Waals surface area contributed by atoms with E-state index in [9.17, 15) is 8.42 Å². The molecule has 1 aliphatic rings. The number of nitrogens with zero attached hydrogens (tertiary/aromatic N) is 2. The topological polar surface area (TPSA) is 73.8 Å². The third-order valence-electron chi connectivity index (χ3n) is 4.74. The van der Waals surface area contributed by atoms with Crippen molar-refractivity contribution in [3.63, 3.8) is 0 Å². The molecule has 0 bridgehead atoms. The number of guanidine groups is 1. The number of hydrogen-bond donors (Lipinski definition) is 2. The number of hydrogen-bond acceptors (Lipinski definition) is 5. The van der Waals surface area contributed by atoms with Crippen LogP contribution in [0.3, 0.4) is 0 Å². The van der Waals surface area contributed by atoms with Gasteiger partial charge in [0.25, 0.3) is 0 Å². The molecule has 2 heterocycles. The summed E-state index contributed by atoms with van der Waals surface area (Å²) in [4.78, 5) is 8.06. The molecule has 2 rings (SSSR count). The fourth-order valence-electron chi connectivity index (χ4n) is 3.30. The SMILES string of the molecule is CCS(=O)(=O)CCNC(=NC)NCC1CCCN(C)C1c1cccs1. The van der Waals surface area contributed by atoms with Gasteiger partial charge >= 0.3 is 0 Å². The van der Waals surface area contributed by atoms with Crippen LogP contribution in [0.5, 0.6) is 0 Å². The summed E-state index contributed by atoms with van der Waals surface area (Å²) in [6, 6.07) is 4.76. The molecule has 2 N–H and O–H groups in total. The van der Waals surface area contributed by atoms with Gasteiger partial charge in [-0.15, -0.1) is 11.3 Å². The van der Waals surface area contributed by atoms with E-state index in [1.54, 1.807) is 14.0 Å². The van der Waals surface area contributed by atoms with E-state index in [4.69, 9.17) is 0 Å². The molecule has 0 radical (unpaired) electrons. The molecule has 0 amide bonds. The van der Waals surface area contributed by atoms with Gasteiger partial charge in [-0.3, -0.25) is 9.89 Å². The van der Waals surface area contributed by atoms with Crippen molar-refractivity contribution in [1.82, 2.24) is 15.5 Å². The van der Waals surface area contributed by atoms with Gasteiger partial charge in [-0.25, -0.2) is 8.42 Å². The van der Waals surface area contributed by atoms with Crippen LogP contribution in [0.1, 0.15) is 30.7 Å². The largest absolute Gasteiger partial charge is 0.356 e. The van der Waals surface area contributed by atoms with Gasteiger partial charge in [-0.05, 0) is 43.8 Å². The molecule has 0 aliphatic carbocycles. The lowest BCUT2D eigenvalue weighted by Gasteiger charge is -2.39. The standard InChI is InChI=1S/C17H30N4O2S2/c1-4-25(22,23)12-9-19-17(18-2)20-13-14-7-5-10-21(3)16(14)15-8-6-11-24-15/h6,8,11,14,16H,4-5,7,9-10,12-13H2,1-3H3,(H2,18,19,20). The summed E-state index contributed by atoms with van der Waals surface area (Å²) in [7, 11) is 0.954. The summed E-state index contributed by atoms with van der Waals surface area (Å²) in [6.07, 6.45) is 2.38. The molecule has 1 fully saturated rings. The zero-order valence-corrected chi connectivity index (χ0v) is 17.0. The molecule has 142 valence electrons. The maximum atomic E-state index is 11.6. The third kappa shape index (κ3) is 5.97. The highest BCUT2D eigenvalue weighted by Gasteiger charge is 2.31. The average molecular weight is 387 g/mol. The van der Waals surface area contributed by atoms with Gasteiger partial charge < -0.3 is 10.6 Å². The molecule has 2 unspecified atom stereocenters. The highest BCUT2D eigenvalue weighted by Crippen LogP contribution is 2.36. The van der Waals surface area contributed by atoms with E-state index < -0.39 is 9.84 Å². The van der Waals surface area contributed by atoms with E-state index in [-0.39, 0.29) is 11.5 Å². The van der Waals surface area contributed by atoms with E-state index in [1.165, 1.54) is 17.7 Å². The normalized spacial score (nSPS) is 22.8. The Labute approximate surface area is 155 Å². The third-order valence-corrected chi connectivity index (χ3v) is 7.39. The van der Waals surface area contributed by atoms with Crippen molar-refractivity contribution >= 4 is 27.1 Å². The molecule has 8 heteroatoms. The Morgan fingerprint density at radius 2 is 2.24 bits per heavy atom. The van der Waals surface area contributed by atoms with Gasteiger partial charge in [0.1, 0.15) is 0 Å². The second kappa shape index (κ2) is 9.54. The van der Waals surface area contributed by atoms with Crippen molar-refractivity contribution in [2.24, 2.45) is 10.9 Å². The van der Waals surface area contributed by atoms with Crippen molar-refractivity contribution in [1.29, 1.82) is 0 Å². The molecule has 1 aliphatic heterocycles. The predicted octanol–water partition coefficient (Wildman–Crippen LogP) is 1.73. The quantitative estimate of drug-likeness (QED) is 0.551. The van der Waals surface area contributed by atoms with Crippen molar-refractivity contribution < 1.29 is 8.42 Å². The highest BCUT2D eigenvalue weighted by atomic mass is 32.2. The summed E-state index contributed by atoms with van der Waals surface area (Å²) < 4.78 is 23.2. The maximum absolute atomic E-state index is 11.6. The number of rotatable bonds is 7. The Morgan fingerprint density at radius 1 is 1.44 bits per heavy atom. The summed E-state index contributed by atoms with van der Waals surface area (Å²) >= 11 is 1.81. The van der Waals surface area contributed by atoms with Gasteiger partial charge in [0.15, 0.2) is 15.8 Å². The first-order valence-corrected chi connectivity index (χ1v) is 11.6. The number of likely N-dealkylation sites (tertiary alicyclic amines) is 1. The average Bonchev–Trinajstić information content (AvgIpc) is 3.12. The van der Waals surface area contributed by atoms with Gasteiger partial charge in [-0.2, -0.15) is 0 Å². The Bertz CT molecular complexity index is 644. The van der Waals surface area contributed by atoms with Crippen molar-refractivity contribution in [2.75, 3.05) is 45.2 Å². The van der Waals surface area contributed by atoms with E-state index in [0.29, 0.717) is 24.5 Å². The Balaban J connectivity index is 1.88. The van der Waals surface area contributed by atoms with Crippen molar-refractivity contribution in [3.05, 3.63) is 22.4 Å². The predicted molar refractivity (Wildman–Crippen MR) is 106 cm³/mol. The molecule has 1 aromatic rings. The molecule has 0 spiro atoms. The maximum Gasteiger partial charge on any atom is 0.191 e. The second-order valence-electron chi connectivity index (χ2n) is 6.46. The number of piperidine rings is 1. The van der Waals surface area contributed by atoms with Gasteiger partial charge in [0.05, 0.1) is 5.75 Å². The summed E-state index contributed by atoms with van der Waals surface area (Å²) in [6.45, 7) is 4.01. The van der Waals surface area contributed by atoms with Crippen LogP contribution in [0.4, 0.5) is 0 Å². The van der Waals surface area contributed by atoms with E-state index in [2.05, 4.69) is 45.1 Å². The van der Waals surface area contributed by atoms with Gasteiger partial charge in [-0.1, -0.05) is 13.0 Å². The molecule has 0 aromatic carbocycles. The zero-order chi connectivity index (χ0) is 18.3. The van der Waals surface area contributed by atoms with E-state index in [0.717, 1.165) is 13.1 Å². The molecule has 1 aromatic heterocycles. The number of nitrogens with one attached hydrogen (secondary N) is 2. The molecule has 25 heavy (non-hydrogen) atoms. The summed E-state index contributed by atoms with van der Waals surface area (Å²) in [5.74, 6) is 1.49. The Morgan fingerprint density at radius 3 is 2.88 bits per heavy atom. The molecule has 1 saturated heterocycles. The van der Waals surface area contributed by atoms with Crippen LogP contribution in [-0.4, -0.2) is 64.5 Å². The van der Waals surface area contributed by atoms with Crippen LogP contribution in [0.15, 0.2) is 22.5 Å². The summed E-state index contributed by atoms with van der Waals surface area (Å²) in [5.41, 5.74) is 0. The van der Waals surface area contributed by atoms with Crippen LogP contribution in [0, 0.1) is 5.92 Å². The fourth-order valence-corrected chi connectivity index (χ4v) is 4.99. The van der Waals surface area contributed by atoms with Crippen LogP contribution in [0.25, 0.3) is 0 Å². The van der Waals surface area contributed by atoms with Gasteiger partial charge in [0, 0.05) is 36.8 Å². The molecule has 6 nitrogen and oxygen atoms in total. The lowest BCUT2D eigenvalue weighted by Crippen LogP contribution is -2.45. The number of sulfone groups is 1. The van der Waals surface area contributed by atoms with Crippen LogP contribution < -0.4 is 10.6 Å². The lowest BCUT2D eigenvalue weighted by molar-refractivity contribution is 0.125. The lowest BCUT2D eigenvalue weighted by atomic mass is 9.88. The monoisotopic (exact) mass is 386 g/mol. The van der Waals surface area contributed by atoms with Crippen molar-refractivity contribution in [3.8, 4) is 0 Å². The zero-order valence-electron chi connectivity index (χ0n) is 15.4. The minimum absolute atomic E-state index is 0.133. The Hall–Kier alpha value is -1.12.